The van der Waals surface area contributed by atoms with Gasteiger partial charge in [-0.25, -0.2) is 17.5 Å². The van der Waals surface area contributed by atoms with Gasteiger partial charge < -0.3 is 5.32 Å². The Hall–Kier alpha value is -1.77. The zero-order chi connectivity index (χ0) is 21.2. The Labute approximate surface area is 179 Å². The Morgan fingerprint density at radius 3 is 2.48 bits per heavy atom. The van der Waals surface area contributed by atoms with Crippen molar-refractivity contribution >= 4 is 37.5 Å². The summed E-state index contributed by atoms with van der Waals surface area (Å²) in [6.45, 7) is 4.11. The molecule has 156 valence electrons. The number of halogens is 2. The molecule has 0 saturated heterocycles. The van der Waals surface area contributed by atoms with Crippen molar-refractivity contribution in [1.29, 1.82) is 0 Å². The lowest BCUT2D eigenvalue weighted by Gasteiger charge is -2.34. The van der Waals surface area contributed by atoms with Gasteiger partial charge in [0.15, 0.2) is 0 Å². The van der Waals surface area contributed by atoms with Crippen molar-refractivity contribution < 1.29 is 17.6 Å². The van der Waals surface area contributed by atoms with Crippen LogP contribution in [0.1, 0.15) is 43.5 Å². The normalized spacial score (nSPS) is 22.3. The molecule has 1 aliphatic rings. The van der Waals surface area contributed by atoms with E-state index in [4.69, 9.17) is 0 Å². The van der Waals surface area contributed by atoms with Crippen LogP contribution in [0.3, 0.4) is 0 Å². The number of benzene rings is 2. The average Bonchev–Trinajstić information content (AvgIpc) is 2.67. The van der Waals surface area contributed by atoms with Gasteiger partial charge in [-0.05, 0) is 60.7 Å². The molecule has 0 heterocycles. The molecular formula is C21H24BrFN2O3S. The van der Waals surface area contributed by atoms with Gasteiger partial charge in [0.1, 0.15) is 10.7 Å². The Bertz CT molecular complexity index is 995. The minimum absolute atomic E-state index is 0.0692. The first-order valence-corrected chi connectivity index (χ1v) is 11.8. The maximum absolute atomic E-state index is 14.4. The van der Waals surface area contributed by atoms with Crippen molar-refractivity contribution in [2.75, 3.05) is 5.32 Å². The molecule has 5 nitrogen and oxygen atoms in total. The largest absolute Gasteiger partial charge is 0.322 e. The second kappa shape index (κ2) is 8.93. The van der Waals surface area contributed by atoms with E-state index in [0.717, 1.165) is 35.9 Å². The standard InChI is InChI=1S/C21H24BrFN2O3S/c1-13-4-3-5-19(14(13)2)25-29(27,28)20-12-15(6-11-18(20)23)21(26)24-17-9-7-16(22)8-10-17/h6-14,19,25H,3-5H2,1-2H3,(H,24,26)/t13-,14-,19-/m1/s1. The smallest absolute Gasteiger partial charge is 0.255 e. The molecule has 0 radical (unpaired) electrons. The summed E-state index contributed by atoms with van der Waals surface area (Å²) in [6, 6.07) is 10.1. The van der Waals surface area contributed by atoms with Gasteiger partial charge in [0.25, 0.3) is 5.91 Å². The number of nitrogens with one attached hydrogen (secondary N) is 2. The van der Waals surface area contributed by atoms with Gasteiger partial charge in [-0.1, -0.05) is 42.6 Å². The van der Waals surface area contributed by atoms with Crippen LogP contribution in [0, 0.1) is 17.7 Å². The van der Waals surface area contributed by atoms with Gasteiger partial charge in [-0.2, -0.15) is 0 Å². The zero-order valence-electron chi connectivity index (χ0n) is 16.3. The Morgan fingerprint density at radius 2 is 1.79 bits per heavy atom. The third kappa shape index (κ3) is 5.24. The van der Waals surface area contributed by atoms with E-state index in [1.807, 2.05) is 6.92 Å². The molecule has 1 amide bonds. The van der Waals surface area contributed by atoms with E-state index in [9.17, 15) is 17.6 Å². The maximum atomic E-state index is 14.4. The van der Waals surface area contributed by atoms with Crippen LogP contribution in [0.15, 0.2) is 51.8 Å². The van der Waals surface area contributed by atoms with Crippen molar-refractivity contribution in [1.82, 2.24) is 4.72 Å². The first kappa shape index (κ1) is 21.9. The van der Waals surface area contributed by atoms with E-state index < -0.39 is 26.6 Å². The number of anilines is 1. The topological polar surface area (TPSA) is 75.3 Å². The van der Waals surface area contributed by atoms with Crippen LogP contribution < -0.4 is 10.0 Å². The number of carbonyl (C=O) groups excluding carboxylic acids is 1. The lowest BCUT2D eigenvalue weighted by atomic mass is 9.78. The molecule has 0 bridgehead atoms. The molecule has 1 aliphatic carbocycles. The van der Waals surface area contributed by atoms with Crippen LogP contribution in [0.25, 0.3) is 0 Å². The fourth-order valence-electron chi connectivity index (χ4n) is 3.60. The fraction of sp³-hybridized carbons (Fsp3) is 0.381. The summed E-state index contributed by atoms with van der Waals surface area (Å²) >= 11 is 3.32. The average molecular weight is 483 g/mol. The molecule has 0 aliphatic heterocycles. The van der Waals surface area contributed by atoms with Crippen LogP contribution in [-0.4, -0.2) is 20.4 Å². The molecule has 0 unspecified atom stereocenters. The van der Waals surface area contributed by atoms with Crippen molar-refractivity contribution in [3.05, 3.63) is 58.3 Å². The minimum atomic E-state index is -4.09. The molecular weight excluding hydrogens is 459 g/mol. The van der Waals surface area contributed by atoms with Crippen molar-refractivity contribution in [2.24, 2.45) is 11.8 Å². The third-order valence-electron chi connectivity index (χ3n) is 5.60. The number of hydrogen-bond acceptors (Lipinski definition) is 3. The van der Waals surface area contributed by atoms with E-state index in [1.54, 1.807) is 24.3 Å². The SMILES string of the molecule is C[C@@H]1[C@H](C)CCC[C@H]1NS(=O)(=O)c1cc(C(=O)Nc2ccc(Br)cc2)ccc1F. The number of hydrogen-bond donors (Lipinski definition) is 2. The summed E-state index contributed by atoms with van der Waals surface area (Å²) in [7, 11) is -4.09. The third-order valence-corrected chi connectivity index (χ3v) is 7.63. The van der Waals surface area contributed by atoms with Crippen LogP contribution >= 0.6 is 15.9 Å². The number of amides is 1. The first-order chi connectivity index (χ1) is 13.7. The van der Waals surface area contributed by atoms with E-state index in [-0.39, 0.29) is 17.5 Å². The van der Waals surface area contributed by atoms with Crippen molar-refractivity contribution in [3.8, 4) is 0 Å². The molecule has 1 saturated carbocycles. The molecule has 2 N–H and O–H groups in total. The summed E-state index contributed by atoms with van der Waals surface area (Å²) in [6.07, 6.45) is 2.70. The molecule has 0 spiro atoms. The Kier molecular flexibility index (Phi) is 6.76. The second-order valence-corrected chi connectivity index (χ2v) is 10.2. The van der Waals surface area contributed by atoms with Gasteiger partial charge in [0.05, 0.1) is 0 Å². The lowest BCUT2D eigenvalue weighted by Crippen LogP contribution is -2.43. The molecule has 3 atom stereocenters. The molecule has 2 aromatic carbocycles. The number of sulfonamides is 1. The van der Waals surface area contributed by atoms with Gasteiger partial charge in [0.2, 0.25) is 10.0 Å². The summed E-state index contributed by atoms with van der Waals surface area (Å²) in [5.41, 5.74) is 0.620. The van der Waals surface area contributed by atoms with Crippen LogP contribution in [0.5, 0.6) is 0 Å². The van der Waals surface area contributed by atoms with Crippen molar-refractivity contribution in [2.45, 2.75) is 44.0 Å². The van der Waals surface area contributed by atoms with E-state index >= 15 is 0 Å². The highest BCUT2D eigenvalue weighted by Crippen LogP contribution is 2.31. The second-order valence-electron chi connectivity index (χ2n) is 7.60. The molecule has 0 aromatic heterocycles. The van der Waals surface area contributed by atoms with Crippen LogP contribution in [0.4, 0.5) is 10.1 Å². The fourth-order valence-corrected chi connectivity index (χ4v) is 5.33. The highest BCUT2D eigenvalue weighted by atomic mass is 79.9. The number of carbonyl (C=O) groups is 1. The van der Waals surface area contributed by atoms with Gasteiger partial charge in [0, 0.05) is 21.8 Å². The van der Waals surface area contributed by atoms with Gasteiger partial charge >= 0.3 is 0 Å². The molecule has 3 rings (SSSR count). The molecule has 29 heavy (non-hydrogen) atoms. The maximum Gasteiger partial charge on any atom is 0.255 e. The van der Waals surface area contributed by atoms with E-state index in [1.165, 1.54) is 6.07 Å². The highest BCUT2D eigenvalue weighted by Gasteiger charge is 2.32. The summed E-state index contributed by atoms with van der Waals surface area (Å²) in [5.74, 6) is -0.840. The summed E-state index contributed by atoms with van der Waals surface area (Å²) < 4.78 is 43.6. The quantitative estimate of drug-likeness (QED) is 0.633. The van der Waals surface area contributed by atoms with Crippen LogP contribution in [-0.2, 0) is 10.0 Å². The zero-order valence-corrected chi connectivity index (χ0v) is 18.7. The van der Waals surface area contributed by atoms with Gasteiger partial charge in [-0.3, -0.25) is 4.79 Å². The summed E-state index contributed by atoms with van der Waals surface area (Å²) in [5, 5.41) is 2.68. The van der Waals surface area contributed by atoms with Gasteiger partial charge in [-0.15, -0.1) is 0 Å². The monoisotopic (exact) mass is 482 g/mol. The highest BCUT2D eigenvalue weighted by molar-refractivity contribution is 9.10. The Balaban J connectivity index is 1.82. The lowest BCUT2D eigenvalue weighted by molar-refractivity contribution is 0.102. The van der Waals surface area contributed by atoms with E-state index in [2.05, 4.69) is 32.9 Å². The van der Waals surface area contributed by atoms with E-state index in [0.29, 0.717) is 11.6 Å². The van der Waals surface area contributed by atoms with Crippen LogP contribution in [0.2, 0.25) is 0 Å². The molecule has 8 heteroatoms. The summed E-state index contributed by atoms with van der Waals surface area (Å²) in [4.78, 5) is 12.0. The first-order valence-electron chi connectivity index (χ1n) is 9.56. The predicted molar refractivity (Wildman–Crippen MR) is 115 cm³/mol. The molecule has 1 fully saturated rings. The molecule has 2 aromatic rings. The Morgan fingerprint density at radius 1 is 1.10 bits per heavy atom. The minimum Gasteiger partial charge on any atom is -0.322 e. The van der Waals surface area contributed by atoms with Crippen molar-refractivity contribution in [3.63, 3.8) is 0 Å². The number of rotatable bonds is 5. The predicted octanol–water partition coefficient (Wildman–Crippen LogP) is 4.94.